The third kappa shape index (κ3) is 3.24. The van der Waals surface area contributed by atoms with Crippen LogP contribution in [0.5, 0.6) is 5.75 Å². The molecule has 1 atom stereocenters. The lowest BCUT2D eigenvalue weighted by molar-refractivity contribution is 0.299. The van der Waals surface area contributed by atoms with Crippen molar-refractivity contribution in [2.75, 3.05) is 13.2 Å². The molecule has 2 heterocycles. The highest BCUT2D eigenvalue weighted by molar-refractivity contribution is 5.79. The van der Waals surface area contributed by atoms with Crippen molar-refractivity contribution in [3.05, 3.63) is 36.5 Å². The molecule has 1 aromatic carbocycles. The monoisotopic (exact) mass is 256 g/mol. The summed E-state index contributed by atoms with van der Waals surface area (Å²) in [7, 11) is 0. The van der Waals surface area contributed by atoms with Crippen LogP contribution in [0, 0.1) is 0 Å². The van der Waals surface area contributed by atoms with Crippen molar-refractivity contribution in [2.24, 2.45) is 0 Å². The molecule has 0 radical (unpaired) electrons. The standard InChI is InChI=1S/C16H20N2O/c1-4-13-7-8-15(12-16(13)18-10-1)19-11-3-6-14-5-2-9-17-14/h1,4,7-8,10,12,14,17H,2-3,5-6,9,11H2. The maximum Gasteiger partial charge on any atom is 0.121 e. The van der Waals surface area contributed by atoms with Crippen LogP contribution in [0.2, 0.25) is 0 Å². The minimum atomic E-state index is 0.710. The summed E-state index contributed by atoms with van der Waals surface area (Å²) in [5.74, 6) is 0.922. The molecule has 3 heteroatoms. The Morgan fingerprint density at radius 1 is 1.32 bits per heavy atom. The van der Waals surface area contributed by atoms with E-state index in [0.717, 1.165) is 29.7 Å². The van der Waals surface area contributed by atoms with E-state index in [0.29, 0.717) is 6.04 Å². The maximum absolute atomic E-state index is 5.81. The normalized spacial score (nSPS) is 18.8. The van der Waals surface area contributed by atoms with E-state index in [-0.39, 0.29) is 0 Å². The van der Waals surface area contributed by atoms with Crippen LogP contribution >= 0.6 is 0 Å². The Labute approximate surface area is 114 Å². The third-order valence-corrected chi connectivity index (χ3v) is 3.71. The van der Waals surface area contributed by atoms with Crippen LogP contribution in [0.1, 0.15) is 25.7 Å². The zero-order valence-electron chi connectivity index (χ0n) is 11.1. The van der Waals surface area contributed by atoms with Gasteiger partial charge in [0, 0.05) is 23.7 Å². The average molecular weight is 256 g/mol. The van der Waals surface area contributed by atoms with Crippen LogP contribution < -0.4 is 10.1 Å². The summed E-state index contributed by atoms with van der Waals surface area (Å²) in [5, 5.41) is 4.67. The molecule has 1 aromatic heterocycles. The third-order valence-electron chi connectivity index (χ3n) is 3.71. The topological polar surface area (TPSA) is 34.1 Å². The number of nitrogens with one attached hydrogen (secondary N) is 1. The van der Waals surface area contributed by atoms with Gasteiger partial charge < -0.3 is 10.1 Å². The Hall–Kier alpha value is -1.61. The Kier molecular flexibility index (Phi) is 3.94. The Morgan fingerprint density at radius 2 is 2.32 bits per heavy atom. The lowest BCUT2D eigenvalue weighted by atomic mass is 10.1. The quantitative estimate of drug-likeness (QED) is 0.834. The molecule has 0 bridgehead atoms. The average Bonchev–Trinajstić information content (AvgIpc) is 2.97. The summed E-state index contributed by atoms with van der Waals surface area (Å²) in [5.41, 5.74) is 0.998. The number of ether oxygens (including phenoxy) is 1. The molecule has 0 aliphatic carbocycles. The molecule has 0 spiro atoms. The van der Waals surface area contributed by atoms with Gasteiger partial charge in [-0.2, -0.15) is 0 Å². The van der Waals surface area contributed by atoms with E-state index in [9.17, 15) is 0 Å². The van der Waals surface area contributed by atoms with E-state index >= 15 is 0 Å². The Morgan fingerprint density at radius 3 is 3.21 bits per heavy atom. The fourth-order valence-corrected chi connectivity index (χ4v) is 2.66. The van der Waals surface area contributed by atoms with Gasteiger partial charge in [0.2, 0.25) is 0 Å². The molecule has 3 nitrogen and oxygen atoms in total. The van der Waals surface area contributed by atoms with Crippen molar-refractivity contribution in [3.63, 3.8) is 0 Å². The van der Waals surface area contributed by atoms with E-state index in [1.165, 1.54) is 25.8 Å². The summed E-state index contributed by atoms with van der Waals surface area (Å²) >= 11 is 0. The number of rotatable bonds is 5. The van der Waals surface area contributed by atoms with Crippen molar-refractivity contribution in [2.45, 2.75) is 31.7 Å². The highest BCUT2D eigenvalue weighted by Gasteiger charge is 2.12. The van der Waals surface area contributed by atoms with Crippen LogP contribution in [-0.2, 0) is 0 Å². The first-order chi connectivity index (χ1) is 9.42. The predicted molar refractivity (Wildman–Crippen MR) is 77.5 cm³/mol. The predicted octanol–water partition coefficient (Wildman–Crippen LogP) is 3.15. The largest absolute Gasteiger partial charge is 0.494 e. The van der Waals surface area contributed by atoms with E-state index in [1.807, 2.05) is 24.4 Å². The number of pyridine rings is 1. The molecule has 1 unspecified atom stereocenters. The minimum absolute atomic E-state index is 0.710. The van der Waals surface area contributed by atoms with Gasteiger partial charge in [-0.25, -0.2) is 0 Å². The molecule has 19 heavy (non-hydrogen) atoms. The van der Waals surface area contributed by atoms with Crippen LogP contribution in [0.15, 0.2) is 36.5 Å². The second-order valence-electron chi connectivity index (χ2n) is 5.14. The lowest BCUT2D eigenvalue weighted by Gasteiger charge is -2.10. The molecule has 0 amide bonds. The molecular weight excluding hydrogens is 236 g/mol. The van der Waals surface area contributed by atoms with Gasteiger partial charge in [0.25, 0.3) is 0 Å². The van der Waals surface area contributed by atoms with Crippen LogP contribution in [0.4, 0.5) is 0 Å². The molecule has 1 aliphatic heterocycles. The van der Waals surface area contributed by atoms with Gasteiger partial charge in [0.1, 0.15) is 5.75 Å². The van der Waals surface area contributed by atoms with Gasteiger partial charge >= 0.3 is 0 Å². The number of hydrogen-bond acceptors (Lipinski definition) is 3. The fourth-order valence-electron chi connectivity index (χ4n) is 2.66. The number of fused-ring (bicyclic) bond motifs is 1. The smallest absolute Gasteiger partial charge is 0.121 e. The zero-order chi connectivity index (χ0) is 12.9. The first-order valence-electron chi connectivity index (χ1n) is 7.13. The van der Waals surface area contributed by atoms with Crippen molar-refractivity contribution in [1.82, 2.24) is 10.3 Å². The van der Waals surface area contributed by atoms with Gasteiger partial charge in [-0.05, 0) is 50.4 Å². The number of hydrogen-bond donors (Lipinski definition) is 1. The van der Waals surface area contributed by atoms with E-state index in [1.54, 1.807) is 0 Å². The van der Waals surface area contributed by atoms with E-state index < -0.39 is 0 Å². The summed E-state index contributed by atoms with van der Waals surface area (Å²) in [4.78, 5) is 4.34. The van der Waals surface area contributed by atoms with Gasteiger partial charge in [0.15, 0.2) is 0 Å². The molecule has 1 N–H and O–H groups in total. The molecule has 100 valence electrons. The van der Waals surface area contributed by atoms with Gasteiger partial charge in [-0.3, -0.25) is 4.98 Å². The molecule has 0 saturated carbocycles. The molecular formula is C16H20N2O. The molecule has 3 rings (SSSR count). The highest BCUT2D eigenvalue weighted by Crippen LogP contribution is 2.19. The molecule has 2 aromatic rings. The summed E-state index contributed by atoms with van der Waals surface area (Å²) < 4.78 is 5.81. The maximum atomic E-state index is 5.81. The van der Waals surface area contributed by atoms with Gasteiger partial charge in [0.05, 0.1) is 12.1 Å². The summed E-state index contributed by atoms with van der Waals surface area (Å²) in [6.45, 7) is 1.97. The molecule has 1 aliphatic rings. The van der Waals surface area contributed by atoms with Gasteiger partial charge in [-0.15, -0.1) is 0 Å². The first kappa shape index (κ1) is 12.4. The van der Waals surface area contributed by atoms with E-state index in [4.69, 9.17) is 4.74 Å². The summed E-state index contributed by atoms with van der Waals surface area (Å²) in [6.07, 6.45) is 6.78. The summed E-state index contributed by atoms with van der Waals surface area (Å²) in [6, 6.07) is 10.8. The van der Waals surface area contributed by atoms with Crippen molar-refractivity contribution in [3.8, 4) is 5.75 Å². The number of aromatic nitrogens is 1. The second-order valence-corrected chi connectivity index (χ2v) is 5.14. The van der Waals surface area contributed by atoms with Crippen molar-refractivity contribution >= 4 is 10.9 Å². The minimum Gasteiger partial charge on any atom is -0.494 e. The highest BCUT2D eigenvalue weighted by atomic mass is 16.5. The van der Waals surface area contributed by atoms with Crippen molar-refractivity contribution < 1.29 is 4.74 Å². The van der Waals surface area contributed by atoms with Crippen LogP contribution in [0.3, 0.4) is 0 Å². The second kappa shape index (κ2) is 6.02. The number of nitrogens with zero attached hydrogens (tertiary/aromatic N) is 1. The lowest BCUT2D eigenvalue weighted by Crippen LogP contribution is -2.21. The SMILES string of the molecule is c1cnc2cc(OCCCC3CCCN3)ccc2c1. The Balaban J connectivity index is 1.50. The fraction of sp³-hybridized carbons (Fsp3) is 0.438. The van der Waals surface area contributed by atoms with Gasteiger partial charge in [-0.1, -0.05) is 6.07 Å². The van der Waals surface area contributed by atoms with Crippen LogP contribution in [0.25, 0.3) is 10.9 Å². The number of benzene rings is 1. The van der Waals surface area contributed by atoms with Crippen LogP contribution in [-0.4, -0.2) is 24.2 Å². The Bertz CT molecular complexity index is 535. The molecule has 1 fully saturated rings. The van der Waals surface area contributed by atoms with E-state index in [2.05, 4.69) is 22.4 Å². The van der Waals surface area contributed by atoms with Crippen molar-refractivity contribution in [1.29, 1.82) is 0 Å². The molecule has 1 saturated heterocycles. The zero-order valence-corrected chi connectivity index (χ0v) is 11.1. The first-order valence-corrected chi connectivity index (χ1v) is 7.13.